The molecule has 0 radical (unpaired) electrons. The van der Waals surface area contributed by atoms with Crippen LogP contribution in [0.1, 0.15) is 24.0 Å². The molecule has 24 heavy (non-hydrogen) atoms. The van der Waals surface area contributed by atoms with Gasteiger partial charge in [-0.1, -0.05) is 24.3 Å². The molecule has 2 amide bonds. The standard InChI is InChI=1S/C19H29N3O2/c1-16-6-3-4-7-17(16)14-21-9-5-8-18(15-21)20(2)19(23)22-10-12-24-13-11-22/h3-4,6-7,18H,5,8-15H2,1-2H3. The van der Waals surface area contributed by atoms with Crippen molar-refractivity contribution in [3.8, 4) is 0 Å². The second-order valence-corrected chi connectivity index (χ2v) is 6.95. The summed E-state index contributed by atoms with van der Waals surface area (Å²) in [6.45, 7) is 7.96. The molecule has 0 aromatic heterocycles. The molecule has 0 spiro atoms. The topological polar surface area (TPSA) is 36.0 Å². The number of hydrogen-bond donors (Lipinski definition) is 0. The highest BCUT2D eigenvalue weighted by Crippen LogP contribution is 2.19. The molecule has 0 N–H and O–H groups in total. The van der Waals surface area contributed by atoms with E-state index in [1.165, 1.54) is 11.1 Å². The molecule has 2 aliphatic heterocycles. The summed E-state index contributed by atoms with van der Waals surface area (Å²) in [6, 6.07) is 9.04. The second kappa shape index (κ2) is 7.99. The van der Waals surface area contributed by atoms with Crippen molar-refractivity contribution in [1.82, 2.24) is 14.7 Å². The third-order valence-electron chi connectivity index (χ3n) is 5.27. The van der Waals surface area contributed by atoms with E-state index in [0.29, 0.717) is 32.3 Å². The van der Waals surface area contributed by atoms with Gasteiger partial charge in [0.15, 0.2) is 0 Å². The third kappa shape index (κ3) is 4.08. The van der Waals surface area contributed by atoms with E-state index < -0.39 is 0 Å². The zero-order valence-corrected chi connectivity index (χ0v) is 14.9. The molecule has 2 heterocycles. The van der Waals surface area contributed by atoms with Crippen molar-refractivity contribution in [3.63, 3.8) is 0 Å². The predicted molar refractivity (Wildman–Crippen MR) is 95.0 cm³/mol. The number of aryl methyl sites for hydroxylation is 1. The summed E-state index contributed by atoms with van der Waals surface area (Å²) in [5.74, 6) is 0. The molecular formula is C19H29N3O2. The van der Waals surface area contributed by atoms with Crippen molar-refractivity contribution in [1.29, 1.82) is 0 Å². The van der Waals surface area contributed by atoms with Gasteiger partial charge >= 0.3 is 6.03 Å². The Kier molecular flexibility index (Phi) is 5.74. The number of carbonyl (C=O) groups is 1. The van der Waals surface area contributed by atoms with Crippen molar-refractivity contribution in [2.75, 3.05) is 46.4 Å². The minimum atomic E-state index is 0.154. The number of benzene rings is 1. The van der Waals surface area contributed by atoms with Gasteiger partial charge in [-0.3, -0.25) is 4.90 Å². The van der Waals surface area contributed by atoms with Crippen molar-refractivity contribution >= 4 is 6.03 Å². The van der Waals surface area contributed by atoms with E-state index in [1.807, 2.05) is 16.8 Å². The summed E-state index contributed by atoms with van der Waals surface area (Å²) in [5.41, 5.74) is 2.73. The number of amides is 2. The lowest BCUT2D eigenvalue weighted by Crippen LogP contribution is -2.54. The summed E-state index contributed by atoms with van der Waals surface area (Å²) in [4.78, 5) is 19.1. The lowest BCUT2D eigenvalue weighted by molar-refractivity contribution is 0.0365. The van der Waals surface area contributed by atoms with E-state index in [1.54, 1.807) is 0 Å². The van der Waals surface area contributed by atoms with Crippen LogP contribution in [0.2, 0.25) is 0 Å². The van der Waals surface area contributed by atoms with Crippen LogP contribution in [0.25, 0.3) is 0 Å². The Bertz CT molecular complexity index is 557. The number of morpholine rings is 1. The molecule has 2 saturated heterocycles. The molecule has 2 fully saturated rings. The van der Waals surface area contributed by atoms with Crippen molar-refractivity contribution < 1.29 is 9.53 Å². The molecule has 5 heteroatoms. The molecule has 0 saturated carbocycles. The van der Waals surface area contributed by atoms with Gasteiger partial charge in [-0.25, -0.2) is 4.79 Å². The number of nitrogens with zero attached hydrogens (tertiary/aromatic N) is 3. The number of likely N-dealkylation sites (N-methyl/N-ethyl adjacent to an activating group) is 1. The molecule has 0 bridgehead atoms. The lowest BCUT2D eigenvalue weighted by atomic mass is 10.0. The van der Waals surface area contributed by atoms with Gasteiger partial charge in [0.1, 0.15) is 0 Å². The maximum atomic E-state index is 12.7. The van der Waals surface area contributed by atoms with Gasteiger partial charge < -0.3 is 14.5 Å². The average molecular weight is 331 g/mol. The maximum absolute atomic E-state index is 12.7. The summed E-state index contributed by atoms with van der Waals surface area (Å²) in [6.07, 6.45) is 2.24. The van der Waals surface area contributed by atoms with Gasteiger partial charge in [-0.05, 0) is 37.4 Å². The zero-order chi connectivity index (χ0) is 16.9. The SMILES string of the molecule is Cc1ccccc1CN1CCCC(N(C)C(=O)N2CCOCC2)C1. The van der Waals surface area contributed by atoms with Gasteiger partial charge in [-0.2, -0.15) is 0 Å². The van der Waals surface area contributed by atoms with Crippen LogP contribution in [-0.4, -0.2) is 73.2 Å². The molecule has 1 aromatic carbocycles. The summed E-state index contributed by atoms with van der Waals surface area (Å²) in [7, 11) is 1.96. The van der Waals surface area contributed by atoms with Crippen molar-refractivity contribution in [3.05, 3.63) is 35.4 Å². The molecule has 1 atom stereocenters. The Balaban J connectivity index is 1.58. The molecule has 132 valence electrons. The van der Waals surface area contributed by atoms with Gasteiger partial charge in [0.25, 0.3) is 0 Å². The monoisotopic (exact) mass is 331 g/mol. The molecule has 3 rings (SSSR count). The van der Waals surface area contributed by atoms with E-state index in [2.05, 4.69) is 36.1 Å². The van der Waals surface area contributed by atoms with Crippen LogP contribution in [0, 0.1) is 6.92 Å². The summed E-state index contributed by atoms with van der Waals surface area (Å²) in [5, 5.41) is 0. The Morgan fingerprint density at radius 3 is 2.75 bits per heavy atom. The Labute approximate surface area is 145 Å². The fourth-order valence-electron chi connectivity index (χ4n) is 3.65. The van der Waals surface area contributed by atoms with E-state index in [9.17, 15) is 4.79 Å². The first-order chi connectivity index (χ1) is 11.6. The number of likely N-dealkylation sites (tertiary alicyclic amines) is 1. The fourth-order valence-corrected chi connectivity index (χ4v) is 3.65. The number of urea groups is 1. The van der Waals surface area contributed by atoms with E-state index >= 15 is 0 Å². The number of rotatable bonds is 3. The van der Waals surface area contributed by atoms with Crippen LogP contribution in [0.3, 0.4) is 0 Å². The van der Waals surface area contributed by atoms with Crippen LogP contribution in [0.4, 0.5) is 4.79 Å². The zero-order valence-electron chi connectivity index (χ0n) is 14.9. The van der Waals surface area contributed by atoms with E-state index in [-0.39, 0.29) is 6.03 Å². The predicted octanol–water partition coefficient (Wildman–Crippen LogP) is 2.34. The molecule has 0 aliphatic carbocycles. The quantitative estimate of drug-likeness (QED) is 0.853. The Hall–Kier alpha value is -1.59. The molecule has 2 aliphatic rings. The smallest absolute Gasteiger partial charge is 0.320 e. The first-order valence-electron chi connectivity index (χ1n) is 9.01. The third-order valence-corrected chi connectivity index (χ3v) is 5.27. The number of carbonyl (C=O) groups excluding carboxylic acids is 1. The average Bonchev–Trinajstić information content (AvgIpc) is 2.63. The summed E-state index contributed by atoms with van der Waals surface area (Å²) >= 11 is 0. The number of piperidine rings is 1. The van der Waals surface area contributed by atoms with Gasteiger partial charge in [-0.15, -0.1) is 0 Å². The van der Waals surface area contributed by atoms with Crippen LogP contribution in [-0.2, 0) is 11.3 Å². The van der Waals surface area contributed by atoms with E-state index in [4.69, 9.17) is 4.74 Å². The fraction of sp³-hybridized carbons (Fsp3) is 0.632. The number of ether oxygens (including phenoxy) is 1. The molecule has 5 nitrogen and oxygen atoms in total. The molecule has 1 aromatic rings. The van der Waals surface area contributed by atoms with Crippen LogP contribution < -0.4 is 0 Å². The highest BCUT2D eigenvalue weighted by Gasteiger charge is 2.29. The summed E-state index contributed by atoms with van der Waals surface area (Å²) < 4.78 is 5.35. The Morgan fingerprint density at radius 2 is 2.00 bits per heavy atom. The van der Waals surface area contributed by atoms with Crippen LogP contribution >= 0.6 is 0 Å². The largest absolute Gasteiger partial charge is 0.378 e. The van der Waals surface area contributed by atoms with Crippen LogP contribution in [0.5, 0.6) is 0 Å². The minimum absolute atomic E-state index is 0.154. The van der Waals surface area contributed by atoms with Gasteiger partial charge in [0.05, 0.1) is 13.2 Å². The highest BCUT2D eigenvalue weighted by atomic mass is 16.5. The van der Waals surface area contributed by atoms with Gasteiger partial charge in [0.2, 0.25) is 0 Å². The molecular weight excluding hydrogens is 302 g/mol. The van der Waals surface area contributed by atoms with E-state index in [0.717, 1.165) is 32.5 Å². The minimum Gasteiger partial charge on any atom is -0.378 e. The highest BCUT2D eigenvalue weighted by molar-refractivity contribution is 5.74. The molecule has 1 unspecified atom stereocenters. The second-order valence-electron chi connectivity index (χ2n) is 6.95. The van der Waals surface area contributed by atoms with Gasteiger partial charge in [0, 0.05) is 39.3 Å². The maximum Gasteiger partial charge on any atom is 0.320 e. The number of hydrogen-bond acceptors (Lipinski definition) is 3. The first kappa shape index (κ1) is 17.2. The lowest BCUT2D eigenvalue weighted by Gasteiger charge is -2.40. The van der Waals surface area contributed by atoms with Crippen LogP contribution in [0.15, 0.2) is 24.3 Å². The Morgan fingerprint density at radius 1 is 1.25 bits per heavy atom. The van der Waals surface area contributed by atoms with Crippen molar-refractivity contribution in [2.45, 2.75) is 32.4 Å². The van der Waals surface area contributed by atoms with Crippen molar-refractivity contribution in [2.24, 2.45) is 0 Å². The first-order valence-corrected chi connectivity index (χ1v) is 9.01. The normalized spacial score (nSPS) is 22.4.